The third-order valence-corrected chi connectivity index (χ3v) is 6.39. The number of nitrogens with zero attached hydrogens (tertiary/aromatic N) is 1. The second-order valence-electron chi connectivity index (χ2n) is 5.18. The summed E-state index contributed by atoms with van der Waals surface area (Å²) in [4.78, 5) is 0. The van der Waals surface area contributed by atoms with Crippen LogP contribution in [-0.2, 0) is 10.1 Å². The van der Waals surface area contributed by atoms with Crippen LogP contribution < -0.4 is 9.37 Å². The molecule has 0 heterocycles. The van der Waals surface area contributed by atoms with Gasteiger partial charge in [0.05, 0.1) is 19.7 Å². The van der Waals surface area contributed by atoms with Crippen molar-refractivity contribution in [2.45, 2.75) is 25.1 Å². The molecule has 0 amide bonds. The first kappa shape index (κ1) is 18.0. The fourth-order valence-corrected chi connectivity index (χ4v) is 6.02. The Morgan fingerprint density at radius 1 is 1.29 bits per heavy atom. The lowest BCUT2D eigenvalue weighted by atomic mass is 10.2. The highest BCUT2D eigenvalue weighted by molar-refractivity contribution is 9.10. The Morgan fingerprint density at radius 3 is 2.19 bits per heavy atom. The van der Waals surface area contributed by atoms with E-state index in [0.29, 0.717) is 9.66 Å². The predicted octanol–water partition coefficient (Wildman–Crippen LogP) is 3.09. The zero-order chi connectivity index (χ0) is 16.6. The molecule has 0 aliphatic rings. The maximum atomic E-state index is 12.5. The van der Waals surface area contributed by atoms with Crippen LogP contribution >= 0.6 is 15.9 Å². The highest BCUT2D eigenvalue weighted by Gasteiger charge is 2.49. The van der Waals surface area contributed by atoms with Gasteiger partial charge in [-0.2, -0.15) is 26.9 Å². The molecule has 0 unspecified atom stereocenters. The van der Waals surface area contributed by atoms with Crippen LogP contribution in [0.4, 0.5) is 13.2 Å². The van der Waals surface area contributed by atoms with Crippen molar-refractivity contribution in [3.05, 3.63) is 22.2 Å². The Bertz CT molecular complexity index is 705. The second kappa shape index (κ2) is 5.62. The molecular formula is C11H11BrF3NO3SSi. The molecule has 4 nitrogen and oxygen atoms in total. The second-order valence-corrected chi connectivity index (χ2v) is 12.6. The van der Waals surface area contributed by atoms with E-state index in [1.807, 2.05) is 19.6 Å². The average molecular weight is 402 g/mol. The summed E-state index contributed by atoms with van der Waals surface area (Å²) in [7, 11) is -8.01. The van der Waals surface area contributed by atoms with E-state index in [1.54, 1.807) is 6.07 Å². The van der Waals surface area contributed by atoms with Gasteiger partial charge in [-0.15, -0.1) is 0 Å². The number of halogens is 4. The normalized spacial score (nSPS) is 12.9. The predicted molar refractivity (Wildman–Crippen MR) is 77.4 cm³/mol. The molecule has 21 heavy (non-hydrogen) atoms. The maximum Gasteiger partial charge on any atom is 0.534 e. The number of alkyl halides is 3. The molecule has 1 aromatic rings. The number of rotatable bonds is 3. The van der Waals surface area contributed by atoms with E-state index in [2.05, 4.69) is 20.1 Å². The van der Waals surface area contributed by atoms with Crippen LogP contribution in [0.1, 0.15) is 5.56 Å². The molecule has 0 aliphatic carbocycles. The lowest BCUT2D eigenvalue weighted by Crippen LogP contribution is -2.41. The molecule has 0 aromatic heterocycles. The number of hydrogen-bond donors (Lipinski definition) is 0. The van der Waals surface area contributed by atoms with Gasteiger partial charge in [0.15, 0.2) is 0 Å². The molecule has 0 saturated carbocycles. The van der Waals surface area contributed by atoms with Gasteiger partial charge in [0.1, 0.15) is 5.75 Å². The van der Waals surface area contributed by atoms with Crippen molar-refractivity contribution in [3.63, 3.8) is 0 Å². The highest BCUT2D eigenvalue weighted by atomic mass is 79.9. The van der Waals surface area contributed by atoms with Gasteiger partial charge in [-0.25, -0.2) is 0 Å². The monoisotopic (exact) mass is 401 g/mol. The summed E-state index contributed by atoms with van der Waals surface area (Å²) in [6.07, 6.45) is 0. The van der Waals surface area contributed by atoms with Gasteiger partial charge < -0.3 is 4.18 Å². The molecule has 0 spiro atoms. The first-order valence-electron chi connectivity index (χ1n) is 5.54. The first-order chi connectivity index (χ1) is 9.29. The molecule has 10 heteroatoms. The number of hydrogen-bond acceptors (Lipinski definition) is 4. The summed E-state index contributed by atoms with van der Waals surface area (Å²) in [5.41, 5.74) is -5.53. The fraction of sp³-hybridized carbons (Fsp3) is 0.364. The summed E-state index contributed by atoms with van der Waals surface area (Å²) >= 11 is 3.16. The molecule has 0 saturated heterocycles. The average Bonchev–Trinajstić information content (AvgIpc) is 2.23. The van der Waals surface area contributed by atoms with E-state index in [0.717, 1.165) is 6.07 Å². The van der Waals surface area contributed by atoms with Crippen molar-refractivity contribution in [1.29, 1.82) is 5.26 Å². The van der Waals surface area contributed by atoms with Crippen molar-refractivity contribution < 1.29 is 25.8 Å². The third-order valence-electron chi connectivity index (χ3n) is 2.42. The molecule has 0 N–H and O–H groups in total. The summed E-state index contributed by atoms with van der Waals surface area (Å²) in [6, 6.07) is 4.16. The van der Waals surface area contributed by atoms with Gasteiger partial charge >= 0.3 is 15.6 Å². The minimum absolute atomic E-state index is 0.00347. The lowest BCUT2D eigenvalue weighted by Gasteiger charge is -2.22. The Morgan fingerprint density at radius 2 is 1.81 bits per heavy atom. The van der Waals surface area contributed by atoms with Crippen molar-refractivity contribution in [2.24, 2.45) is 0 Å². The zero-order valence-corrected chi connectivity index (χ0v) is 14.6. The van der Waals surface area contributed by atoms with Gasteiger partial charge in [-0.3, -0.25) is 0 Å². The molecular weight excluding hydrogens is 391 g/mol. The van der Waals surface area contributed by atoms with Gasteiger partial charge in [-0.1, -0.05) is 35.6 Å². The van der Waals surface area contributed by atoms with Crippen molar-refractivity contribution >= 4 is 39.3 Å². The van der Waals surface area contributed by atoms with Crippen molar-refractivity contribution in [2.75, 3.05) is 0 Å². The van der Waals surface area contributed by atoms with Gasteiger partial charge in [0.25, 0.3) is 0 Å². The Kier molecular flexibility index (Phi) is 4.82. The maximum absolute atomic E-state index is 12.5. The van der Waals surface area contributed by atoms with E-state index in [4.69, 9.17) is 5.26 Å². The van der Waals surface area contributed by atoms with Crippen molar-refractivity contribution in [1.82, 2.24) is 0 Å². The summed E-state index contributed by atoms with van der Waals surface area (Å²) in [6.45, 7) is 5.44. The quantitative estimate of drug-likeness (QED) is 0.443. The molecule has 1 aromatic carbocycles. The van der Waals surface area contributed by atoms with Crippen LogP contribution in [-0.4, -0.2) is 22.0 Å². The standard InChI is InChI=1S/C11H11BrF3NO3SSi/c1-21(2,3)10-8(12)4-7(6-16)5-9(10)19-20(17,18)11(13,14)15/h4-5H,1-3H3. The van der Waals surface area contributed by atoms with Gasteiger partial charge in [-0.05, 0) is 17.3 Å². The minimum atomic E-state index is -5.78. The van der Waals surface area contributed by atoms with Crippen LogP contribution in [0.15, 0.2) is 16.6 Å². The largest absolute Gasteiger partial charge is 0.534 e. The summed E-state index contributed by atoms with van der Waals surface area (Å²) in [5.74, 6) is -0.461. The summed E-state index contributed by atoms with van der Waals surface area (Å²) < 4.78 is 64.3. The molecule has 0 bridgehead atoms. The third kappa shape index (κ3) is 3.99. The van der Waals surface area contributed by atoms with Crippen LogP contribution in [0.5, 0.6) is 5.75 Å². The van der Waals surface area contributed by atoms with E-state index in [9.17, 15) is 21.6 Å². The molecule has 0 atom stereocenters. The van der Waals surface area contributed by atoms with Crippen molar-refractivity contribution in [3.8, 4) is 11.8 Å². The Hall–Kier alpha value is -1.05. The molecule has 1 rings (SSSR count). The van der Waals surface area contributed by atoms with Gasteiger partial charge in [0, 0.05) is 4.47 Å². The molecule has 0 fully saturated rings. The zero-order valence-electron chi connectivity index (χ0n) is 11.2. The molecule has 0 aliphatic heterocycles. The first-order valence-corrected chi connectivity index (χ1v) is 11.2. The SMILES string of the molecule is C[Si](C)(C)c1c(Br)cc(C#N)cc1OS(=O)(=O)C(F)(F)F. The van der Waals surface area contributed by atoms with E-state index in [-0.39, 0.29) is 5.56 Å². The van der Waals surface area contributed by atoms with Gasteiger partial charge in [0.2, 0.25) is 0 Å². The van der Waals surface area contributed by atoms with Crippen LogP contribution in [0, 0.1) is 11.3 Å². The minimum Gasteiger partial charge on any atom is -0.376 e. The Labute approximate surface area is 129 Å². The topological polar surface area (TPSA) is 67.2 Å². The number of nitriles is 1. The fourth-order valence-electron chi connectivity index (χ4n) is 1.61. The molecule has 0 radical (unpaired) electrons. The lowest BCUT2D eigenvalue weighted by molar-refractivity contribution is -0.0499. The van der Waals surface area contributed by atoms with E-state index in [1.165, 1.54) is 6.07 Å². The van der Waals surface area contributed by atoms with Crippen LogP contribution in [0.3, 0.4) is 0 Å². The smallest absolute Gasteiger partial charge is 0.376 e. The van der Waals surface area contributed by atoms with E-state index < -0.39 is 29.4 Å². The van der Waals surface area contributed by atoms with Crippen LogP contribution in [0.25, 0.3) is 0 Å². The van der Waals surface area contributed by atoms with Crippen LogP contribution in [0.2, 0.25) is 19.6 Å². The van der Waals surface area contributed by atoms with E-state index >= 15 is 0 Å². The molecule has 116 valence electrons. The highest BCUT2D eigenvalue weighted by Crippen LogP contribution is 2.30. The Balaban J connectivity index is 3.56. The summed E-state index contributed by atoms with van der Waals surface area (Å²) in [5, 5.41) is 9.21. The number of benzene rings is 1.